The molecule has 0 fully saturated rings. The third-order valence-electron chi connectivity index (χ3n) is 8.43. The van der Waals surface area contributed by atoms with Crippen molar-refractivity contribution in [3.8, 4) is 0 Å². The molecule has 0 saturated carbocycles. The van der Waals surface area contributed by atoms with E-state index in [9.17, 15) is 19.8 Å². The van der Waals surface area contributed by atoms with Gasteiger partial charge in [0, 0.05) is 25.7 Å². The van der Waals surface area contributed by atoms with E-state index in [1.165, 1.54) is 0 Å². The molecule has 0 heterocycles. The lowest BCUT2D eigenvalue weighted by molar-refractivity contribution is -0.144. The average molecular weight is 563 g/mol. The number of nitrogens with two attached hydrogens (primary N) is 2. The Morgan fingerprint density at radius 2 is 0.571 bits per heavy atom. The molecule has 0 unspecified atom stereocenters. The fraction of sp³-hybridized carbons (Fsp3) is 0.278. The van der Waals surface area contributed by atoms with Gasteiger partial charge in [0.1, 0.15) is 11.1 Å². The van der Waals surface area contributed by atoms with Gasteiger partial charge in [0.15, 0.2) is 0 Å². The van der Waals surface area contributed by atoms with E-state index in [1.54, 1.807) is 0 Å². The maximum atomic E-state index is 12.3. The third kappa shape index (κ3) is 7.14. The van der Waals surface area contributed by atoms with Gasteiger partial charge < -0.3 is 21.7 Å². The first-order valence-electron chi connectivity index (χ1n) is 14.5. The van der Waals surface area contributed by atoms with Gasteiger partial charge in [0.25, 0.3) is 0 Å². The van der Waals surface area contributed by atoms with Gasteiger partial charge in [-0.25, -0.2) is 0 Å². The molecule has 0 saturated heterocycles. The van der Waals surface area contributed by atoms with Gasteiger partial charge in [-0.1, -0.05) is 97.1 Å². The summed E-state index contributed by atoms with van der Waals surface area (Å²) < 4.78 is 0. The lowest BCUT2D eigenvalue weighted by Gasteiger charge is -2.25. The van der Waals surface area contributed by atoms with Crippen LogP contribution in [-0.2, 0) is 61.0 Å². The van der Waals surface area contributed by atoms with Gasteiger partial charge in [0.05, 0.1) is 0 Å². The molecule has 8 bridgehead atoms. The highest BCUT2D eigenvalue weighted by atomic mass is 16.4. The number of benzene rings is 4. The lowest BCUT2D eigenvalue weighted by Crippen LogP contribution is -2.51. The van der Waals surface area contributed by atoms with Crippen LogP contribution in [-0.4, -0.2) is 33.2 Å². The number of hydrogen-bond donors (Lipinski definition) is 4. The Labute approximate surface area is 247 Å². The van der Waals surface area contributed by atoms with Gasteiger partial charge in [-0.05, 0) is 70.2 Å². The zero-order valence-electron chi connectivity index (χ0n) is 23.8. The zero-order chi connectivity index (χ0) is 29.7. The molecule has 6 nitrogen and oxygen atoms in total. The Hall–Kier alpha value is -4.26. The van der Waals surface area contributed by atoms with Crippen LogP contribution in [0.2, 0.25) is 0 Å². The predicted molar refractivity (Wildman–Crippen MR) is 165 cm³/mol. The standard InChI is InChI=1S/C36H38N2O4/c37-35(33(39)40)21-29-13-5-25(6-14-29)1-2-26-7-15-30(16-8-26)22-36(38,34(41)42)24-32-19-11-28(12-20-32)4-3-27-9-17-31(23-35)18-10-27/h5-20H,1-4,21-24,37-38H2,(H,39,40)(H,41,42). The van der Waals surface area contributed by atoms with Crippen LogP contribution in [0, 0.1) is 0 Å². The Kier molecular flexibility index (Phi) is 8.57. The highest BCUT2D eigenvalue weighted by molar-refractivity contribution is 5.80. The van der Waals surface area contributed by atoms with Crippen LogP contribution in [0.5, 0.6) is 0 Å². The van der Waals surface area contributed by atoms with Gasteiger partial charge in [-0.2, -0.15) is 0 Å². The summed E-state index contributed by atoms with van der Waals surface area (Å²) in [4.78, 5) is 24.5. The normalized spacial score (nSPS) is 21.4. The van der Waals surface area contributed by atoms with Crippen LogP contribution in [0.25, 0.3) is 0 Å². The Balaban J connectivity index is 1.42. The SMILES string of the molecule is NC1(C(=O)O)Cc2ccc(cc2)CCc2ccc(cc2)CC(N)(C(=O)O)Cc2ccc(cc2)CCc2ccc(cc2)C1. The van der Waals surface area contributed by atoms with Crippen molar-refractivity contribution >= 4 is 11.9 Å². The topological polar surface area (TPSA) is 127 Å². The maximum Gasteiger partial charge on any atom is 0.324 e. The van der Waals surface area contributed by atoms with E-state index in [0.29, 0.717) is 0 Å². The first kappa shape index (κ1) is 29.2. The minimum Gasteiger partial charge on any atom is -0.480 e. The lowest BCUT2D eigenvalue weighted by atomic mass is 9.84. The molecule has 0 aliphatic heterocycles. The molecule has 0 atom stereocenters. The second kappa shape index (κ2) is 12.3. The molecule has 0 aromatic heterocycles. The average Bonchev–Trinajstić information content (AvgIpc) is 2.97. The van der Waals surface area contributed by atoms with Gasteiger partial charge in [0.2, 0.25) is 0 Å². The van der Waals surface area contributed by atoms with E-state index in [0.717, 1.165) is 70.2 Å². The quantitative estimate of drug-likeness (QED) is 0.280. The van der Waals surface area contributed by atoms with Crippen LogP contribution in [0.15, 0.2) is 97.1 Å². The van der Waals surface area contributed by atoms with Gasteiger partial charge in [-0.3, -0.25) is 9.59 Å². The smallest absolute Gasteiger partial charge is 0.324 e. The summed E-state index contributed by atoms with van der Waals surface area (Å²) in [6, 6.07) is 32.0. The molecule has 4 aromatic rings. The van der Waals surface area contributed by atoms with Crippen LogP contribution >= 0.6 is 0 Å². The molecule has 7 aliphatic rings. The summed E-state index contributed by atoms with van der Waals surface area (Å²) in [5.41, 5.74) is 18.3. The molecule has 42 heavy (non-hydrogen) atoms. The van der Waals surface area contributed by atoms with Crippen molar-refractivity contribution in [1.82, 2.24) is 0 Å². The summed E-state index contributed by atoms with van der Waals surface area (Å²) >= 11 is 0. The van der Waals surface area contributed by atoms with E-state index in [2.05, 4.69) is 0 Å². The summed E-state index contributed by atoms with van der Waals surface area (Å²) in [5.74, 6) is -2.02. The molecule has 0 radical (unpaired) electrons. The molecule has 216 valence electrons. The number of carboxylic acids is 2. The van der Waals surface area contributed by atoms with E-state index >= 15 is 0 Å². The summed E-state index contributed by atoms with van der Waals surface area (Å²) in [6.07, 6.45) is 4.24. The second-order valence-electron chi connectivity index (χ2n) is 11.9. The summed E-state index contributed by atoms with van der Waals surface area (Å²) in [5, 5.41) is 20.1. The molecule has 0 spiro atoms. The number of carboxylic acid groups (broad SMARTS) is 2. The van der Waals surface area contributed by atoms with Crippen LogP contribution in [0.4, 0.5) is 0 Å². The molecular weight excluding hydrogens is 524 g/mol. The Morgan fingerprint density at radius 1 is 0.405 bits per heavy atom. The first-order chi connectivity index (χ1) is 20.1. The molecule has 6 N–H and O–H groups in total. The number of aliphatic carboxylic acids is 2. The maximum absolute atomic E-state index is 12.3. The fourth-order valence-electron chi connectivity index (χ4n) is 5.76. The number of aryl methyl sites for hydroxylation is 4. The number of hydrogen-bond acceptors (Lipinski definition) is 4. The largest absolute Gasteiger partial charge is 0.480 e. The van der Waals surface area contributed by atoms with Crippen LogP contribution < -0.4 is 11.5 Å². The third-order valence-corrected chi connectivity index (χ3v) is 8.43. The van der Waals surface area contributed by atoms with Gasteiger partial charge >= 0.3 is 11.9 Å². The predicted octanol–water partition coefficient (Wildman–Crippen LogP) is 4.71. The monoisotopic (exact) mass is 562 g/mol. The van der Waals surface area contributed by atoms with E-state index < -0.39 is 23.0 Å². The highest BCUT2D eigenvalue weighted by Crippen LogP contribution is 2.22. The number of rotatable bonds is 2. The first-order valence-corrected chi connectivity index (χ1v) is 14.5. The van der Waals surface area contributed by atoms with Crippen molar-refractivity contribution in [3.05, 3.63) is 142 Å². The molecular formula is C36H38N2O4. The highest BCUT2D eigenvalue weighted by Gasteiger charge is 2.35. The Bertz CT molecular complexity index is 1310. The van der Waals surface area contributed by atoms with Crippen molar-refractivity contribution in [2.45, 2.75) is 62.4 Å². The molecule has 7 aliphatic carbocycles. The van der Waals surface area contributed by atoms with Crippen molar-refractivity contribution in [1.29, 1.82) is 0 Å². The van der Waals surface area contributed by atoms with Crippen LogP contribution in [0.3, 0.4) is 0 Å². The van der Waals surface area contributed by atoms with Gasteiger partial charge in [-0.15, -0.1) is 0 Å². The van der Waals surface area contributed by atoms with E-state index in [4.69, 9.17) is 11.5 Å². The zero-order valence-corrected chi connectivity index (χ0v) is 23.8. The van der Waals surface area contributed by atoms with Crippen molar-refractivity contribution in [2.75, 3.05) is 0 Å². The number of carbonyl (C=O) groups is 2. The minimum atomic E-state index is -1.40. The molecule has 0 amide bonds. The van der Waals surface area contributed by atoms with Crippen molar-refractivity contribution < 1.29 is 19.8 Å². The van der Waals surface area contributed by atoms with Crippen molar-refractivity contribution in [2.24, 2.45) is 11.5 Å². The van der Waals surface area contributed by atoms with E-state index in [-0.39, 0.29) is 25.7 Å². The van der Waals surface area contributed by atoms with Crippen LogP contribution in [0.1, 0.15) is 44.5 Å². The molecule has 11 rings (SSSR count). The Morgan fingerprint density at radius 3 is 0.738 bits per heavy atom. The second-order valence-corrected chi connectivity index (χ2v) is 11.9. The van der Waals surface area contributed by atoms with E-state index in [1.807, 2.05) is 97.1 Å². The summed E-state index contributed by atoms with van der Waals surface area (Å²) in [7, 11) is 0. The fourth-order valence-corrected chi connectivity index (χ4v) is 5.76. The minimum absolute atomic E-state index is 0.237. The summed E-state index contributed by atoms with van der Waals surface area (Å²) in [6.45, 7) is 0. The molecule has 6 heteroatoms. The van der Waals surface area contributed by atoms with Crippen molar-refractivity contribution in [3.63, 3.8) is 0 Å². The molecule has 4 aromatic carbocycles.